The number of hydrogen-bond acceptors (Lipinski definition) is 4. The predicted molar refractivity (Wildman–Crippen MR) is 58.2 cm³/mol. The van der Waals surface area contributed by atoms with Crippen molar-refractivity contribution >= 4 is 11.9 Å². The Balaban J connectivity index is 2.65. The fourth-order valence-electron chi connectivity index (χ4n) is 1.61. The molecule has 1 heterocycles. The maximum atomic E-state index is 13.4. The van der Waals surface area contributed by atoms with E-state index in [0.29, 0.717) is 26.1 Å². The van der Waals surface area contributed by atoms with Crippen LogP contribution in [0.4, 0.5) is 8.78 Å². The average molecular weight is 265 g/mol. The molecule has 0 aromatic rings. The first-order valence-corrected chi connectivity index (χ1v) is 5.77. The fraction of sp³-hybridized carbons (Fsp3) is 0.818. The van der Waals surface area contributed by atoms with Gasteiger partial charge in [0.2, 0.25) is 0 Å². The summed E-state index contributed by atoms with van der Waals surface area (Å²) < 4.78 is 36.1. The maximum absolute atomic E-state index is 13.4. The molecule has 1 amide bonds. The lowest BCUT2D eigenvalue weighted by Crippen LogP contribution is -2.56. The molecule has 7 heteroatoms. The molecular weight excluding hydrogens is 248 g/mol. The SMILES string of the molecule is CCOC(=O)C(F)(F)C(=O)NC1(C)CCOCC1. The van der Waals surface area contributed by atoms with E-state index in [1.807, 2.05) is 0 Å². The van der Waals surface area contributed by atoms with Crippen molar-refractivity contribution in [2.24, 2.45) is 0 Å². The molecule has 0 atom stereocenters. The van der Waals surface area contributed by atoms with Crippen LogP contribution in [0.1, 0.15) is 26.7 Å². The Hall–Kier alpha value is -1.24. The summed E-state index contributed by atoms with van der Waals surface area (Å²) in [5.41, 5.74) is -0.773. The van der Waals surface area contributed by atoms with E-state index in [2.05, 4.69) is 10.1 Å². The third kappa shape index (κ3) is 3.38. The van der Waals surface area contributed by atoms with Gasteiger partial charge in [0, 0.05) is 18.8 Å². The van der Waals surface area contributed by atoms with Crippen LogP contribution in [0.5, 0.6) is 0 Å². The Morgan fingerprint density at radius 3 is 2.44 bits per heavy atom. The Labute approximate surface area is 104 Å². The van der Waals surface area contributed by atoms with Gasteiger partial charge in [0.05, 0.1) is 6.61 Å². The summed E-state index contributed by atoms with van der Waals surface area (Å²) in [4.78, 5) is 22.4. The number of rotatable bonds is 4. The summed E-state index contributed by atoms with van der Waals surface area (Å²) in [6.45, 7) is 3.62. The molecule has 1 aliphatic rings. The summed E-state index contributed by atoms with van der Waals surface area (Å²) in [5, 5.41) is 2.21. The molecule has 1 saturated heterocycles. The Bertz CT molecular complexity index is 327. The van der Waals surface area contributed by atoms with E-state index in [9.17, 15) is 18.4 Å². The van der Waals surface area contributed by atoms with E-state index in [-0.39, 0.29) is 6.61 Å². The monoisotopic (exact) mass is 265 g/mol. The average Bonchev–Trinajstić information content (AvgIpc) is 2.29. The van der Waals surface area contributed by atoms with Gasteiger partial charge in [-0.25, -0.2) is 4.79 Å². The molecule has 1 fully saturated rings. The van der Waals surface area contributed by atoms with Crippen molar-refractivity contribution in [2.75, 3.05) is 19.8 Å². The van der Waals surface area contributed by atoms with Gasteiger partial charge >= 0.3 is 17.8 Å². The van der Waals surface area contributed by atoms with Crippen LogP contribution in [0, 0.1) is 0 Å². The topological polar surface area (TPSA) is 64.6 Å². The second-order valence-electron chi connectivity index (χ2n) is 4.42. The van der Waals surface area contributed by atoms with E-state index >= 15 is 0 Å². The number of nitrogens with one attached hydrogen (secondary N) is 1. The molecule has 1 aliphatic heterocycles. The number of carbonyl (C=O) groups excluding carboxylic acids is 2. The van der Waals surface area contributed by atoms with Crippen molar-refractivity contribution in [3.63, 3.8) is 0 Å². The minimum absolute atomic E-state index is 0.202. The van der Waals surface area contributed by atoms with E-state index < -0.39 is 23.3 Å². The highest BCUT2D eigenvalue weighted by atomic mass is 19.3. The Kier molecular flexibility index (Phi) is 4.61. The van der Waals surface area contributed by atoms with Gasteiger partial charge < -0.3 is 14.8 Å². The van der Waals surface area contributed by atoms with Crippen molar-refractivity contribution in [2.45, 2.75) is 38.2 Å². The Morgan fingerprint density at radius 2 is 1.94 bits per heavy atom. The molecule has 0 radical (unpaired) electrons. The van der Waals surface area contributed by atoms with Crippen LogP contribution >= 0.6 is 0 Å². The lowest BCUT2D eigenvalue weighted by Gasteiger charge is -2.35. The van der Waals surface area contributed by atoms with Crippen LogP contribution in [0.2, 0.25) is 0 Å². The summed E-state index contributed by atoms with van der Waals surface area (Å²) in [6.07, 6.45) is 0.856. The van der Waals surface area contributed by atoms with Gasteiger partial charge in [-0.05, 0) is 26.7 Å². The van der Waals surface area contributed by atoms with Crippen molar-refractivity contribution in [1.29, 1.82) is 0 Å². The number of hydrogen-bond donors (Lipinski definition) is 1. The maximum Gasteiger partial charge on any atom is 0.418 e. The van der Waals surface area contributed by atoms with Crippen molar-refractivity contribution in [3.8, 4) is 0 Å². The first-order valence-electron chi connectivity index (χ1n) is 5.77. The second-order valence-corrected chi connectivity index (χ2v) is 4.42. The lowest BCUT2D eigenvalue weighted by molar-refractivity contribution is -0.178. The van der Waals surface area contributed by atoms with Gasteiger partial charge in [0.15, 0.2) is 0 Å². The second kappa shape index (κ2) is 5.60. The van der Waals surface area contributed by atoms with Crippen LogP contribution in [-0.4, -0.2) is 43.2 Å². The van der Waals surface area contributed by atoms with Gasteiger partial charge in [0.25, 0.3) is 0 Å². The zero-order chi connectivity index (χ0) is 13.8. The predicted octanol–water partition coefficient (Wildman–Crippen LogP) is 0.870. The molecule has 0 spiro atoms. The van der Waals surface area contributed by atoms with Crippen molar-refractivity contribution in [1.82, 2.24) is 5.32 Å². The minimum Gasteiger partial charge on any atom is -0.461 e. The van der Waals surface area contributed by atoms with Crippen LogP contribution < -0.4 is 5.32 Å². The Morgan fingerprint density at radius 1 is 1.39 bits per heavy atom. The van der Waals surface area contributed by atoms with Crippen LogP contribution in [0.15, 0.2) is 0 Å². The summed E-state index contributed by atoms with van der Waals surface area (Å²) in [7, 11) is 0. The molecule has 0 aliphatic carbocycles. The number of amides is 1. The van der Waals surface area contributed by atoms with E-state index in [4.69, 9.17) is 4.74 Å². The molecule has 1 rings (SSSR count). The molecule has 0 unspecified atom stereocenters. The highest BCUT2D eigenvalue weighted by molar-refractivity contribution is 6.04. The van der Waals surface area contributed by atoms with E-state index in [0.717, 1.165) is 0 Å². The first kappa shape index (κ1) is 14.8. The van der Waals surface area contributed by atoms with Crippen LogP contribution in [-0.2, 0) is 19.1 Å². The van der Waals surface area contributed by atoms with Gasteiger partial charge in [-0.1, -0.05) is 0 Å². The number of ether oxygens (including phenoxy) is 2. The third-order valence-corrected chi connectivity index (χ3v) is 2.83. The zero-order valence-electron chi connectivity index (χ0n) is 10.4. The summed E-state index contributed by atoms with van der Waals surface area (Å²) >= 11 is 0. The third-order valence-electron chi connectivity index (χ3n) is 2.83. The van der Waals surface area contributed by atoms with Gasteiger partial charge in [-0.15, -0.1) is 0 Å². The van der Waals surface area contributed by atoms with Crippen molar-refractivity contribution in [3.05, 3.63) is 0 Å². The number of esters is 1. The molecule has 0 bridgehead atoms. The van der Waals surface area contributed by atoms with Gasteiger partial charge in [-0.2, -0.15) is 8.78 Å². The van der Waals surface area contributed by atoms with Crippen LogP contribution in [0.25, 0.3) is 0 Å². The molecule has 104 valence electrons. The minimum atomic E-state index is -4.16. The van der Waals surface area contributed by atoms with Gasteiger partial charge in [-0.3, -0.25) is 4.79 Å². The van der Waals surface area contributed by atoms with Gasteiger partial charge in [0.1, 0.15) is 0 Å². The molecule has 0 aromatic carbocycles. The number of alkyl halides is 2. The van der Waals surface area contributed by atoms with E-state index in [1.165, 1.54) is 6.92 Å². The quantitative estimate of drug-likeness (QED) is 0.605. The zero-order valence-corrected chi connectivity index (χ0v) is 10.4. The molecule has 0 saturated carbocycles. The largest absolute Gasteiger partial charge is 0.461 e. The number of halogens is 2. The van der Waals surface area contributed by atoms with E-state index in [1.54, 1.807) is 6.92 Å². The highest BCUT2D eigenvalue weighted by Gasteiger charge is 2.51. The normalized spacial score (nSPS) is 19.1. The van der Waals surface area contributed by atoms with Crippen LogP contribution in [0.3, 0.4) is 0 Å². The lowest BCUT2D eigenvalue weighted by atomic mass is 9.92. The summed E-state index contributed by atoms with van der Waals surface area (Å²) in [6, 6.07) is 0. The standard InChI is InChI=1S/C11H17F2NO4/c1-3-18-9(16)11(12,13)8(15)14-10(2)4-6-17-7-5-10/h3-7H2,1-2H3,(H,14,15). The molecule has 18 heavy (non-hydrogen) atoms. The highest BCUT2D eigenvalue weighted by Crippen LogP contribution is 2.23. The number of carbonyl (C=O) groups is 2. The molecular formula is C11H17F2NO4. The van der Waals surface area contributed by atoms with Crippen molar-refractivity contribution < 1.29 is 27.8 Å². The molecule has 5 nitrogen and oxygen atoms in total. The summed E-state index contributed by atoms with van der Waals surface area (Å²) in [5.74, 6) is -7.60. The fourth-order valence-corrected chi connectivity index (χ4v) is 1.61. The molecule has 0 aromatic heterocycles. The molecule has 1 N–H and O–H groups in total. The smallest absolute Gasteiger partial charge is 0.418 e. The first-order chi connectivity index (χ1) is 8.32.